The number of carbonyl (C=O) groups is 2. The smallest absolute Gasteiger partial charge is 0.303 e. The van der Waals surface area contributed by atoms with E-state index in [1.807, 2.05) is 30.3 Å². The molecular formula is C19H23N3O3. The van der Waals surface area contributed by atoms with Gasteiger partial charge in [0.05, 0.1) is 11.3 Å². The average molecular weight is 341 g/mol. The first kappa shape index (κ1) is 18.6. The maximum absolute atomic E-state index is 12.2. The van der Waals surface area contributed by atoms with E-state index in [4.69, 9.17) is 5.11 Å². The summed E-state index contributed by atoms with van der Waals surface area (Å²) in [4.78, 5) is 31.3. The number of hydrogen-bond donors (Lipinski definition) is 2. The molecule has 1 amide bonds. The van der Waals surface area contributed by atoms with Crippen LogP contribution in [0.1, 0.15) is 48.2 Å². The van der Waals surface area contributed by atoms with E-state index in [0.29, 0.717) is 30.0 Å². The predicted octanol–water partition coefficient (Wildman–Crippen LogP) is 3.22. The maximum atomic E-state index is 12.2. The van der Waals surface area contributed by atoms with Crippen molar-refractivity contribution in [3.8, 4) is 11.4 Å². The van der Waals surface area contributed by atoms with Gasteiger partial charge in [0.1, 0.15) is 0 Å². The molecule has 6 nitrogen and oxygen atoms in total. The Labute approximate surface area is 147 Å². The third-order valence-corrected chi connectivity index (χ3v) is 3.86. The molecule has 0 aliphatic carbocycles. The van der Waals surface area contributed by atoms with Crippen LogP contribution >= 0.6 is 0 Å². The summed E-state index contributed by atoms with van der Waals surface area (Å²) in [5.74, 6) is -0.335. The number of benzene rings is 1. The van der Waals surface area contributed by atoms with Crippen LogP contribution in [0, 0.1) is 6.92 Å². The zero-order valence-corrected chi connectivity index (χ0v) is 14.4. The van der Waals surface area contributed by atoms with Crippen LogP contribution in [0.2, 0.25) is 0 Å². The Balaban J connectivity index is 1.81. The minimum atomic E-state index is -0.761. The summed E-state index contributed by atoms with van der Waals surface area (Å²) in [5, 5.41) is 11.4. The maximum Gasteiger partial charge on any atom is 0.303 e. The van der Waals surface area contributed by atoms with E-state index in [1.54, 1.807) is 13.1 Å². The SMILES string of the molecule is Cc1nc(-c2ccccc2)ncc1C(=O)NCCCCCCC(=O)O. The van der Waals surface area contributed by atoms with Gasteiger partial charge in [-0.05, 0) is 19.8 Å². The number of amides is 1. The van der Waals surface area contributed by atoms with Gasteiger partial charge in [-0.15, -0.1) is 0 Å². The van der Waals surface area contributed by atoms with Gasteiger partial charge in [0.25, 0.3) is 5.91 Å². The van der Waals surface area contributed by atoms with Crippen molar-refractivity contribution in [3.63, 3.8) is 0 Å². The molecule has 0 atom stereocenters. The van der Waals surface area contributed by atoms with E-state index in [2.05, 4.69) is 15.3 Å². The lowest BCUT2D eigenvalue weighted by molar-refractivity contribution is -0.137. The molecule has 6 heteroatoms. The summed E-state index contributed by atoms with van der Waals surface area (Å²) in [7, 11) is 0. The summed E-state index contributed by atoms with van der Waals surface area (Å²) < 4.78 is 0. The van der Waals surface area contributed by atoms with Crippen molar-refractivity contribution in [2.24, 2.45) is 0 Å². The first-order valence-corrected chi connectivity index (χ1v) is 8.47. The molecule has 0 radical (unpaired) electrons. The third-order valence-electron chi connectivity index (χ3n) is 3.86. The van der Waals surface area contributed by atoms with Gasteiger partial charge in [0.15, 0.2) is 5.82 Å². The van der Waals surface area contributed by atoms with Gasteiger partial charge in [0, 0.05) is 24.7 Å². The molecule has 132 valence electrons. The van der Waals surface area contributed by atoms with Crippen molar-refractivity contribution < 1.29 is 14.7 Å². The minimum Gasteiger partial charge on any atom is -0.481 e. The highest BCUT2D eigenvalue weighted by Gasteiger charge is 2.12. The second kappa shape index (κ2) is 9.52. The summed E-state index contributed by atoms with van der Waals surface area (Å²) in [6, 6.07) is 9.63. The second-order valence-corrected chi connectivity index (χ2v) is 5.87. The largest absolute Gasteiger partial charge is 0.481 e. The number of rotatable bonds is 9. The standard InChI is InChI=1S/C19H23N3O3/c1-14-16(13-21-18(22-14)15-9-5-4-6-10-15)19(25)20-12-8-3-2-7-11-17(23)24/h4-6,9-10,13H,2-3,7-8,11-12H2,1H3,(H,20,25)(H,23,24). The monoisotopic (exact) mass is 341 g/mol. The van der Waals surface area contributed by atoms with Crippen LogP contribution in [0.25, 0.3) is 11.4 Å². The molecule has 1 heterocycles. The molecule has 0 aliphatic heterocycles. The molecule has 25 heavy (non-hydrogen) atoms. The van der Waals surface area contributed by atoms with Crippen LogP contribution in [0.5, 0.6) is 0 Å². The van der Waals surface area contributed by atoms with E-state index in [-0.39, 0.29) is 12.3 Å². The highest BCUT2D eigenvalue weighted by atomic mass is 16.4. The molecule has 1 aromatic carbocycles. The van der Waals surface area contributed by atoms with Crippen LogP contribution in [0.4, 0.5) is 0 Å². The Bertz CT molecular complexity index is 717. The first-order chi connectivity index (χ1) is 12.1. The van der Waals surface area contributed by atoms with Crippen LogP contribution in [-0.4, -0.2) is 33.5 Å². The number of carbonyl (C=O) groups excluding carboxylic acids is 1. The number of hydrogen-bond acceptors (Lipinski definition) is 4. The molecule has 2 rings (SSSR count). The second-order valence-electron chi connectivity index (χ2n) is 5.87. The van der Waals surface area contributed by atoms with Gasteiger partial charge in [-0.3, -0.25) is 9.59 Å². The Hall–Kier alpha value is -2.76. The number of nitrogens with one attached hydrogen (secondary N) is 1. The van der Waals surface area contributed by atoms with Crippen LogP contribution < -0.4 is 5.32 Å². The molecular weight excluding hydrogens is 318 g/mol. The van der Waals surface area contributed by atoms with Crippen LogP contribution in [-0.2, 0) is 4.79 Å². The quantitative estimate of drug-likeness (QED) is 0.683. The van der Waals surface area contributed by atoms with Gasteiger partial charge in [-0.25, -0.2) is 9.97 Å². The molecule has 0 unspecified atom stereocenters. The molecule has 0 fully saturated rings. The van der Waals surface area contributed by atoms with Gasteiger partial charge < -0.3 is 10.4 Å². The average Bonchev–Trinajstić information content (AvgIpc) is 2.61. The van der Waals surface area contributed by atoms with Gasteiger partial charge >= 0.3 is 5.97 Å². The molecule has 0 spiro atoms. The third kappa shape index (κ3) is 5.99. The highest BCUT2D eigenvalue weighted by molar-refractivity contribution is 5.95. The highest BCUT2D eigenvalue weighted by Crippen LogP contribution is 2.15. The number of aryl methyl sites for hydroxylation is 1. The molecule has 2 N–H and O–H groups in total. The van der Waals surface area contributed by atoms with Crippen molar-refractivity contribution in [1.29, 1.82) is 0 Å². The van der Waals surface area contributed by atoms with Crippen molar-refractivity contribution in [1.82, 2.24) is 15.3 Å². The van der Waals surface area contributed by atoms with Crippen molar-refractivity contribution in [3.05, 3.63) is 47.8 Å². The summed E-state index contributed by atoms with van der Waals surface area (Å²) in [5.41, 5.74) is 2.04. The number of aromatic nitrogens is 2. The summed E-state index contributed by atoms with van der Waals surface area (Å²) in [6.45, 7) is 2.36. The van der Waals surface area contributed by atoms with E-state index < -0.39 is 5.97 Å². The van der Waals surface area contributed by atoms with Crippen molar-refractivity contribution in [2.45, 2.75) is 39.0 Å². The molecule has 0 bridgehead atoms. The molecule has 0 saturated heterocycles. The fourth-order valence-electron chi connectivity index (χ4n) is 2.47. The number of carboxylic acid groups (broad SMARTS) is 1. The molecule has 0 aliphatic rings. The van der Waals surface area contributed by atoms with Crippen LogP contribution in [0.15, 0.2) is 36.5 Å². The molecule has 0 saturated carbocycles. The van der Waals surface area contributed by atoms with Crippen LogP contribution in [0.3, 0.4) is 0 Å². The van der Waals surface area contributed by atoms with Gasteiger partial charge in [-0.1, -0.05) is 43.2 Å². The Morgan fingerprint density at radius 1 is 1.08 bits per heavy atom. The normalized spacial score (nSPS) is 10.4. The van der Waals surface area contributed by atoms with E-state index in [0.717, 1.165) is 24.8 Å². The Kier molecular flexibility index (Phi) is 7.07. The van der Waals surface area contributed by atoms with Gasteiger partial charge in [-0.2, -0.15) is 0 Å². The minimum absolute atomic E-state index is 0.178. The molecule has 1 aromatic heterocycles. The number of carboxylic acids is 1. The summed E-state index contributed by atoms with van der Waals surface area (Å²) >= 11 is 0. The van der Waals surface area contributed by atoms with E-state index in [9.17, 15) is 9.59 Å². The fraction of sp³-hybridized carbons (Fsp3) is 0.368. The zero-order chi connectivity index (χ0) is 18.1. The first-order valence-electron chi connectivity index (χ1n) is 8.47. The van der Waals surface area contributed by atoms with E-state index >= 15 is 0 Å². The number of aliphatic carboxylic acids is 1. The van der Waals surface area contributed by atoms with E-state index in [1.165, 1.54) is 0 Å². The molecule has 2 aromatic rings. The Morgan fingerprint density at radius 3 is 2.48 bits per heavy atom. The van der Waals surface area contributed by atoms with Gasteiger partial charge in [0.2, 0.25) is 0 Å². The number of unbranched alkanes of at least 4 members (excludes halogenated alkanes) is 3. The fourth-order valence-corrected chi connectivity index (χ4v) is 2.47. The Morgan fingerprint density at radius 2 is 1.80 bits per heavy atom. The number of nitrogens with zero attached hydrogens (tertiary/aromatic N) is 2. The summed E-state index contributed by atoms with van der Waals surface area (Å²) in [6.07, 6.45) is 5.03. The zero-order valence-electron chi connectivity index (χ0n) is 14.4. The van der Waals surface area contributed by atoms with Crippen molar-refractivity contribution in [2.75, 3.05) is 6.54 Å². The topological polar surface area (TPSA) is 92.2 Å². The van der Waals surface area contributed by atoms with Crippen molar-refractivity contribution >= 4 is 11.9 Å². The lowest BCUT2D eigenvalue weighted by Crippen LogP contribution is -2.25. The lowest BCUT2D eigenvalue weighted by atomic mass is 10.1. The predicted molar refractivity (Wildman–Crippen MR) is 95.3 cm³/mol. The lowest BCUT2D eigenvalue weighted by Gasteiger charge is -2.08.